The number of hydrogen-bond donors (Lipinski definition) is 1. The number of aromatic nitrogens is 2. The van der Waals surface area contributed by atoms with Gasteiger partial charge in [0.05, 0.1) is 5.69 Å². The van der Waals surface area contributed by atoms with Crippen LogP contribution in [-0.4, -0.2) is 46.4 Å². The summed E-state index contributed by atoms with van der Waals surface area (Å²) in [4.78, 5) is 2.66. The summed E-state index contributed by atoms with van der Waals surface area (Å²) >= 11 is 0. The van der Waals surface area contributed by atoms with Gasteiger partial charge in [0, 0.05) is 37.6 Å². The highest BCUT2D eigenvalue weighted by molar-refractivity contribution is 5.33. The summed E-state index contributed by atoms with van der Waals surface area (Å²) in [5.74, 6) is 0. The average molecular weight is 296 g/mol. The van der Waals surface area contributed by atoms with Crippen molar-refractivity contribution in [3.05, 3.63) is 48.3 Å². The summed E-state index contributed by atoms with van der Waals surface area (Å²) in [6, 6.07) is 12.3. The molecule has 1 aromatic carbocycles. The summed E-state index contributed by atoms with van der Waals surface area (Å²) in [6.07, 6.45) is 9.05. The van der Waals surface area contributed by atoms with Gasteiger partial charge in [0.2, 0.25) is 0 Å². The minimum absolute atomic E-state index is 0.698. The molecule has 0 spiro atoms. The predicted molar refractivity (Wildman–Crippen MR) is 88.3 cm³/mol. The van der Waals surface area contributed by atoms with Crippen LogP contribution in [0.4, 0.5) is 0 Å². The molecule has 2 aromatic rings. The van der Waals surface area contributed by atoms with E-state index in [9.17, 15) is 0 Å². The van der Waals surface area contributed by atoms with Crippen LogP contribution in [0.2, 0.25) is 0 Å². The molecule has 0 bridgehead atoms. The zero-order valence-electron chi connectivity index (χ0n) is 13.0. The second-order valence-corrected chi connectivity index (χ2v) is 6.53. The first-order valence-corrected chi connectivity index (χ1v) is 8.45. The molecule has 1 atom stereocenters. The van der Waals surface area contributed by atoms with Crippen LogP contribution in [0.25, 0.3) is 5.69 Å². The normalized spacial score (nSPS) is 22.3. The summed E-state index contributed by atoms with van der Waals surface area (Å²) in [5, 5.41) is 7.98. The van der Waals surface area contributed by atoms with E-state index in [1.807, 2.05) is 23.1 Å². The summed E-state index contributed by atoms with van der Waals surface area (Å²) in [7, 11) is 0. The van der Waals surface area contributed by atoms with Crippen LogP contribution in [0, 0.1) is 0 Å². The largest absolute Gasteiger partial charge is 0.312 e. The van der Waals surface area contributed by atoms with Crippen molar-refractivity contribution in [2.45, 2.75) is 37.8 Å². The Labute approximate surface area is 132 Å². The highest BCUT2D eigenvalue weighted by atomic mass is 15.3. The van der Waals surface area contributed by atoms with Crippen LogP contribution < -0.4 is 5.32 Å². The molecular formula is C18H24N4. The molecule has 4 heteroatoms. The molecule has 22 heavy (non-hydrogen) atoms. The van der Waals surface area contributed by atoms with Crippen LogP contribution in [0.5, 0.6) is 0 Å². The van der Waals surface area contributed by atoms with Gasteiger partial charge in [-0.1, -0.05) is 12.1 Å². The third-order valence-electron chi connectivity index (χ3n) is 4.83. The van der Waals surface area contributed by atoms with E-state index in [1.165, 1.54) is 37.9 Å². The van der Waals surface area contributed by atoms with Gasteiger partial charge in [0.15, 0.2) is 0 Å². The maximum Gasteiger partial charge on any atom is 0.0645 e. The highest BCUT2D eigenvalue weighted by Crippen LogP contribution is 2.29. The van der Waals surface area contributed by atoms with Crippen LogP contribution in [-0.2, 0) is 6.42 Å². The van der Waals surface area contributed by atoms with Crippen LogP contribution >= 0.6 is 0 Å². The van der Waals surface area contributed by atoms with Crippen molar-refractivity contribution in [3.63, 3.8) is 0 Å². The van der Waals surface area contributed by atoms with Crippen molar-refractivity contribution in [1.29, 1.82) is 0 Å². The van der Waals surface area contributed by atoms with Crippen molar-refractivity contribution in [2.24, 2.45) is 0 Å². The van der Waals surface area contributed by atoms with Gasteiger partial charge < -0.3 is 5.32 Å². The summed E-state index contributed by atoms with van der Waals surface area (Å²) in [6.45, 7) is 3.62. The summed E-state index contributed by atoms with van der Waals surface area (Å²) < 4.78 is 1.90. The smallest absolute Gasteiger partial charge is 0.0645 e. The van der Waals surface area contributed by atoms with Gasteiger partial charge >= 0.3 is 0 Å². The third kappa shape index (κ3) is 3.23. The molecule has 4 rings (SSSR count). The lowest BCUT2D eigenvalue weighted by Crippen LogP contribution is -2.34. The maximum atomic E-state index is 4.26. The van der Waals surface area contributed by atoms with Gasteiger partial charge in [-0.25, -0.2) is 4.68 Å². The SMILES string of the molecule is c1cnn(-c2ccc(CCN[C@@H]3CCN(C4CC4)C3)cc2)c1. The molecule has 116 valence electrons. The predicted octanol–water partition coefficient (Wildman–Crippen LogP) is 2.24. The molecule has 1 N–H and O–H groups in total. The van der Waals surface area contributed by atoms with E-state index >= 15 is 0 Å². The first kappa shape index (κ1) is 14.0. The molecule has 1 aliphatic heterocycles. The topological polar surface area (TPSA) is 33.1 Å². The highest BCUT2D eigenvalue weighted by Gasteiger charge is 2.33. The molecule has 2 heterocycles. The number of rotatable bonds is 6. The molecular weight excluding hydrogens is 272 g/mol. The van der Waals surface area contributed by atoms with Crippen molar-refractivity contribution in [2.75, 3.05) is 19.6 Å². The van der Waals surface area contributed by atoms with E-state index in [4.69, 9.17) is 0 Å². The van der Waals surface area contributed by atoms with Gasteiger partial charge in [-0.2, -0.15) is 5.10 Å². The van der Waals surface area contributed by atoms with E-state index in [-0.39, 0.29) is 0 Å². The third-order valence-corrected chi connectivity index (χ3v) is 4.83. The van der Waals surface area contributed by atoms with E-state index in [0.29, 0.717) is 6.04 Å². The lowest BCUT2D eigenvalue weighted by atomic mass is 10.1. The fraction of sp³-hybridized carbons (Fsp3) is 0.500. The molecule has 0 radical (unpaired) electrons. The lowest BCUT2D eigenvalue weighted by Gasteiger charge is -2.15. The number of likely N-dealkylation sites (tertiary alicyclic amines) is 1. The molecule has 4 nitrogen and oxygen atoms in total. The molecule has 0 amide bonds. The van der Waals surface area contributed by atoms with Crippen LogP contribution in [0.15, 0.2) is 42.7 Å². The molecule has 1 aromatic heterocycles. The van der Waals surface area contributed by atoms with Crippen molar-refractivity contribution >= 4 is 0 Å². The van der Waals surface area contributed by atoms with Gasteiger partial charge in [-0.3, -0.25) is 4.90 Å². The Morgan fingerprint density at radius 2 is 2.00 bits per heavy atom. The Kier molecular flexibility index (Phi) is 3.95. The fourth-order valence-electron chi connectivity index (χ4n) is 3.38. The average Bonchev–Trinajstić information content (AvgIpc) is 3.06. The van der Waals surface area contributed by atoms with Crippen molar-refractivity contribution < 1.29 is 0 Å². The van der Waals surface area contributed by atoms with Crippen molar-refractivity contribution in [1.82, 2.24) is 20.0 Å². The Morgan fingerprint density at radius 3 is 2.73 bits per heavy atom. The Hall–Kier alpha value is -1.65. The molecule has 1 saturated heterocycles. The standard InChI is InChI=1S/C18H24N4/c1-10-20-22(12-1)18-4-2-15(3-5-18)8-11-19-16-9-13-21(14-16)17-6-7-17/h1-5,10,12,16-17,19H,6-9,11,13-14H2/t16-/m1/s1. The Morgan fingerprint density at radius 1 is 1.14 bits per heavy atom. The van der Waals surface area contributed by atoms with Gasteiger partial charge in [0.1, 0.15) is 0 Å². The van der Waals surface area contributed by atoms with Crippen LogP contribution in [0.1, 0.15) is 24.8 Å². The van der Waals surface area contributed by atoms with Gasteiger partial charge in [-0.15, -0.1) is 0 Å². The fourth-order valence-corrected chi connectivity index (χ4v) is 3.38. The van der Waals surface area contributed by atoms with Gasteiger partial charge in [-0.05, 0) is 56.0 Å². The number of benzene rings is 1. The zero-order chi connectivity index (χ0) is 14.8. The number of nitrogens with zero attached hydrogens (tertiary/aromatic N) is 3. The Balaban J connectivity index is 1.24. The second-order valence-electron chi connectivity index (χ2n) is 6.53. The van der Waals surface area contributed by atoms with E-state index < -0.39 is 0 Å². The summed E-state index contributed by atoms with van der Waals surface area (Å²) in [5.41, 5.74) is 2.51. The second kappa shape index (κ2) is 6.23. The first-order chi connectivity index (χ1) is 10.9. The first-order valence-electron chi connectivity index (χ1n) is 8.45. The molecule has 2 fully saturated rings. The molecule has 0 unspecified atom stereocenters. The van der Waals surface area contributed by atoms with Gasteiger partial charge in [0.25, 0.3) is 0 Å². The lowest BCUT2D eigenvalue weighted by molar-refractivity contribution is 0.318. The molecule has 2 aliphatic rings. The number of nitrogens with one attached hydrogen (secondary N) is 1. The monoisotopic (exact) mass is 296 g/mol. The molecule has 1 aliphatic carbocycles. The zero-order valence-corrected chi connectivity index (χ0v) is 13.0. The van der Waals surface area contributed by atoms with Crippen LogP contribution in [0.3, 0.4) is 0 Å². The van der Waals surface area contributed by atoms with Crippen molar-refractivity contribution in [3.8, 4) is 5.69 Å². The quantitative estimate of drug-likeness (QED) is 0.887. The number of hydrogen-bond acceptors (Lipinski definition) is 3. The maximum absolute atomic E-state index is 4.26. The minimum atomic E-state index is 0.698. The Bertz CT molecular complexity index is 586. The van der Waals surface area contributed by atoms with E-state index in [1.54, 1.807) is 0 Å². The minimum Gasteiger partial charge on any atom is -0.312 e. The van der Waals surface area contributed by atoms with E-state index in [0.717, 1.165) is 24.7 Å². The molecule has 1 saturated carbocycles. The van der Waals surface area contributed by atoms with E-state index in [2.05, 4.69) is 39.6 Å².